The van der Waals surface area contributed by atoms with Gasteiger partial charge in [0.25, 0.3) is 0 Å². The van der Waals surface area contributed by atoms with E-state index in [0.29, 0.717) is 12.1 Å². The minimum Gasteiger partial charge on any atom is -0.375 e. The maximum absolute atomic E-state index is 5.73. The highest BCUT2D eigenvalue weighted by Gasteiger charge is 2.29. The van der Waals surface area contributed by atoms with Crippen LogP contribution in [0.15, 0.2) is 24.5 Å². The van der Waals surface area contributed by atoms with Crippen molar-refractivity contribution < 1.29 is 4.74 Å². The van der Waals surface area contributed by atoms with Crippen LogP contribution < -0.4 is 5.32 Å². The van der Waals surface area contributed by atoms with E-state index in [4.69, 9.17) is 4.74 Å². The van der Waals surface area contributed by atoms with Crippen molar-refractivity contribution in [2.75, 3.05) is 6.61 Å². The van der Waals surface area contributed by atoms with Crippen LogP contribution in [0.1, 0.15) is 45.2 Å². The Morgan fingerprint density at radius 1 is 1.53 bits per heavy atom. The highest BCUT2D eigenvalue weighted by Crippen LogP contribution is 2.25. The molecule has 0 radical (unpaired) electrons. The zero-order valence-corrected chi connectivity index (χ0v) is 10.9. The molecular weight excluding hydrogens is 212 g/mol. The lowest BCUT2D eigenvalue weighted by atomic mass is 9.93. The molecule has 1 N–H and O–H groups in total. The van der Waals surface area contributed by atoms with Gasteiger partial charge in [0, 0.05) is 31.1 Å². The van der Waals surface area contributed by atoms with Crippen LogP contribution in [0.5, 0.6) is 0 Å². The zero-order valence-electron chi connectivity index (χ0n) is 10.9. The van der Waals surface area contributed by atoms with Gasteiger partial charge >= 0.3 is 0 Å². The molecule has 3 nitrogen and oxygen atoms in total. The molecule has 0 saturated carbocycles. The van der Waals surface area contributed by atoms with Crippen LogP contribution in [0.3, 0.4) is 0 Å². The Kier molecular flexibility index (Phi) is 3.79. The first kappa shape index (κ1) is 12.5. The summed E-state index contributed by atoms with van der Waals surface area (Å²) in [5, 5.41) is 3.67. The fourth-order valence-electron chi connectivity index (χ4n) is 2.46. The maximum Gasteiger partial charge on any atom is 0.0641 e. The number of hydrogen-bond donors (Lipinski definition) is 1. The molecule has 2 heterocycles. The van der Waals surface area contributed by atoms with Crippen molar-refractivity contribution in [3.05, 3.63) is 30.1 Å². The van der Waals surface area contributed by atoms with Crippen molar-refractivity contribution in [3.63, 3.8) is 0 Å². The standard InChI is InChI=1S/C14H22N2O/c1-11(12-5-4-7-15-10-12)16-13-6-8-17-14(2,3)9-13/h4-5,7,10-11,13,16H,6,8-9H2,1-3H3/t11-,13?/m1/s1. The molecule has 0 aliphatic carbocycles. The van der Waals surface area contributed by atoms with Crippen LogP contribution in [0.4, 0.5) is 0 Å². The molecule has 1 aromatic heterocycles. The van der Waals surface area contributed by atoms with Gasteiger partial charge in [0.2, 0.25) is 0 Å². The number of nitrogens with zero attached hydrogens (tertiary/aromatic N) is 1. The summed E-state index contributed by atoms with van der Waals surface area (Å²) in [5.74, 6) is 0. The summed E-state index contributed by atoms with van der Waals surface area (Å²) < 4.78 is 5.73. The first-order valence-electron chi connectivity index (χ1n) is 6.37. The first-order valence-corrected chi connectivity index (χ1v) is 6.37. The molecule has 3 heteroatoms. The van der Waals surface area contributed by atoms with Crippen LogP contribution in [-0.2, 0) is 4.74 Å². The summed E-state index contributed by atoms with van der Waals surface area (Å²) in [6.45, 7) is 7.37. The van der Waals surface area contributed by atoms with Crippen molar-refractivity contribution in [1.29, 1.82) is 0 Å². The molecule has 0 amide bonds. The van der Waals surface area contributed by atoms with E-state index in [1.807, 2.05) is 18.5 Å². The van der Waals surface area contributed by atoms with Crippen molar-refractivity contribution >= 4 is 0 Å². The molecule has 0 spiro atoms. The second-order valence-corrected chi connectivity index (χ2v) is 5.47. The van der Waals surface area contributed by atoms with Gasteiger partial charge in [0.1, 0.15) is 0 Å². The van der Waals surface area contributed by atoms with Crippen LogP contribution in [0.25, 0.3) is 0 Å². The van der Waals surface area contributed by atoms with E-state index < -0.39 is 0 Å². The van der Waals surface area contributed by atoms with Gasteiger partial charge in [-0.2, -0.15) is 0 Å². The molecule has 1 saturated heterocycles. The molecular formula is C14H22N2O. The van der Waals surface area contributed by atoms with Gasteiger partial charge in [-0.1, -0.05) is 6.07 Å². The van der Waals surface area contributed by atoms with E-state index in [9.17, 15) is 0 Å². The van der Waals surface area contributed by atoms with E-state index in [-0.39, 0.29) is 5.60 Å². The van der Waals surface area contributed by atoms with Gasteiger partial charge in [0.05, 0.1) is 5.60 Å². The second-order valence-electron chi connectivity index (χ2n) is 5.47. The largest absolute Gasteiger partial charge is 0.375 e. The van der Waals surface area contributed by atoms with E-state index >= 15 is 0 Å². The fraction of sp³-hybridized carbons (Fsp3) is 0.643. The van der Waals surface area contributed by atoms with Gasteiger partial charge in [0.15, 0.2) is 0 Å². The summed E-state index contributed by atoms with van der Waals surface area (Å²) in [4.78, 5) is 4.16. The molecule has 2 rings (SSSR count). The summed E-state index contributed by atoms with van der Waals surface area (Å²) in [7, 11) is 0. The van der Waals surface area contributed by atoms with Crippen LogP contribution in [0.2, 0.25) is 0 Å². The SMILES string of the molecule is C[C@@H](NC1CCOC(C)(C)C1)c1cccnc1. The van der Waals surface area contributed by atoms with Crippen molar-refractivity contribution in [2.24, 2.45) is 0 Å². The number of pyridine rings is 1. The number of nitrogens with one attached hydrogen (secondary N) is 1. The Morgan fingerprint density at radius 2 is 2.35 bits per heavy atom. The minimum atomic E-state index is 0.00454. The molecule has 0 bridgehead atoms. The Bertz CT molecular complexity index is 350. The topological polar surface area (TPSA) is 34.1 Å². The minimum absolute atomic E-state index is 0.00454. The van der Waals surface area contributed by atoms with Gasteiger partial charge < -0.3 is 10.1 Å². The van der Waals surface area contributed by atoms with Gasteiger partial charge in [-0.05, 0) is 45.2 Å². The average Bonchev–Trinajstić information content (AvgIpc) is 2.29. The smallest absolute Gasteiger partial charge is 0.0641 e. The van der Waals surface area contributed by atoms with Crippen LogP contribution in [-0.4, -0.2) is 23.2 Å². The normalized spacial score (nSPS) is 25.5. The monoisotopic (exact) mass is 234 g/mol. The van der Waals surface area contributed by atoms with Crippen molar-refractivity contribution in [3.8, 4) is 0 Å². The van der Waals surface area contributed by atoms with Crippen LogP contribution in [0, 0.1) is 0 Å². The van der Waals surface area contributed by atoms with E-state index in [2.05, 4.69) is 37.1 Å². The summed E-state index contributed by atoms with van der Waals surface area (Å²) in [6.07, 6.45) is 5.90. The third-order valence-electron chi connectivity index (χ3n) is 3.37. The third-order valence-corrected chi connectivity index (χ3v) is 3.37. The van der Waals surface area contributed by atoms with Crippen molar-refractivity contribution in [1.82, 2.24) is 10.3 Å². The quantitative estimate of drug-likeness (QED) is 0.873. The fourth-order valence-corrected chi connectivity index (χ4v) is 2.46. The maximum atomic E-state index is 5.73. The molecule has 1 unspecified atom stereocenters. The van der Waals surface area contributed by atoms with E-state index in [0.717, 1.165) is 19.4 Å². The lowest BCUT2D eigenvalue weighted by Crippen LogP contribution is -2.44. The highest BCUT2D eigenvalue weighted by atomic mass is 16.5. The lowest BCUT2D eigenvalue weighted by Gasteiger charge is -2.37. The zero-order chi connectivity index (χ0) is 12.3. The molecule has 1 aliphatic rings. The van der Waals surface area contributed by atoms with E-state index in [1.165, 1.54) is 5.56 Å². The van der Waals surface area contributed by atoms with E-state index in [1.54, 1.807) is 0 Å². The molecule has 0 aromatic carbocycles. The predicted octanol–water partition coefficient (Wildman–Crippen LogP) is 2.69. The molecule has 1 aliphatic heterocycles. The first-order chi connectivity index (χ1) is 8.07. The Hall–Kier alpha value is -0.930. The molecule has 1 aromatic rings. The molecule has 1 fully saturated rings. The van der Waals surface area contributed by atoms with Crippen LogP contribution >= 0.6 is 0 Å². The molecule has 94 valence electrons. The number of aromatic nitrogens is 1. The lowest BCUT2D eigenvalue weighted by molar-refractivity contribution is -0.0640. The Morgan fingerprint density at radius 3 is 3.00 bits per heavy atom. The number of rotatable bonds is 3. The van der Waals surface area contributed by atoms with Crippen molar-refractivity contribution in [2.45, 2.75) is 51.3 Å². The van der Waals surface area contributed by atoms with Gasteiger partial charge in [-0.3, -0.25) is 4.98 Å². The Labute approximate surface area is 104 Å². The predicted molar refractivity (Wildman–Crippen MR) is 68.8 cm³/mol. The number of ether oxygens (including phenoxy) is 1. The highest BCUT2D eigenvalue weighted by molar-refractivity contribution is 5.13. The number of hydrogen-bond acceptors (Lipinski definition) is 3. The summed E-state index contributed by atoms with van der Waals surface area (Å²) >= 11 is 0. The summed E-state index contributed by atoms with van der Waals surface area (Å²) in [5.41, 5.74) is 1.25. The molecule has 2 atom stereocenters. The third kappa shape index (κ3) is 3.51. The average molecular weight is 234 g/mol. The Balaban J connectivity index is 1.93. The second kappa shape index (κ2) is 5.15. The van der Waals surface area contributed by atoms with Gasteiger partial charge in [-0.15, -0.1) is 0 Å². The summed E-state index contributed by atoms with van der Waals surface area (Å²) in [6, 6.07) is 4.99. The molecule has 17 heavy (non-hydrogen) atoms. The van der Waals surface area contributed by atoms with Gasteiger partial charge in [-0.25, -0.2) is 0 Å².